The quantitative estimate of drug-likeness (QED) is 0.283. The van der Waals surface area contributed by atoms with Gasteiger partial charge in [-0.3, -0.25) is 14.7 Å². The number of oxazole rings is 1. The van der Waals surface area contributed by atoms with Gasteiger partial charge in [0.2, 0.25) is 11.8 Å². The van der Waals surface area contributed by atoms with Gasteiger partial charge in [0.25, 0.3) is 0 Å². The summed E-state index contributed by atoms with van der Waals surface area (Å²) in [6, 6.07) is 8.47. The Bertz CT molecular complexity index is 878. The summed E-state index contributed by atoms with van der Waals surface area (Å²) in [5.41, 5.74) is 8.80. The number of amides is 1. The van der Waals surface area contributed by atoms with Gasteiger partial charge in [-0.2, -0.15) is 0 Å². The van der Waals surface area contributed by atoms with Crippen LogP contribution in [0.3, 0.4) is 0 Å². The standard InChI is InChI=1S/C22H32N6O2.HI/c1-15-16(2)30-20(27-15)12-26-22(24-3)25-11-17-6-4-7-18(10-17)13-28-9-5-8-19(14-28)21(23)29;/h4,6-7,10,19H,5,8-9,11-14H2,1-3H3,(H2,23,29)(H2,24,25,26);1H. The van der Waals surface area contributed by atoms with Crippen molar-refractivity contribution >= 4 is 35.8 Å². The van der Waals surface area contributed by atoms with Crippen LogP contribution < -0.4 is 16.4 Å². The molecule has 2 heterocycles. The van der Waals surface area contributed by atoms with Gasteiger partial charge in [-0.25, -0.2) is 4.98 Å². The number of benzene rings is 1. The molecule has 0 saturated carbocycles. The Morgan fingerprint density at radius 2 is 2.03 bits per heavy atom. The number of nitrogens with one attached hydrogen (secondary N) is 2. The van der Waals surface area contributed by atoms with Crippen LogP contribution in [0.25, 0.3) is 0 Å². The highest BCUT2D eigenvalue weighted by molar-refractivity contribution is 14.0. The zero-order valence-corrected chi connectivity index (χ0v) is 20.8. The number of nitrogens with two attached hydrogens (primary N) is 1. The second-order valence-electron chi connectivity index (χ2n) is 7.83. The molecule has 1 unspecified atom stereocenters. The number of aryl methyl sites for hydroxylation is 2. The summed E-state index contributed by atoms with van der Waals surface area (Å²) in [5, 5.41) is 6.55. The van der Waals surface area contributed by atoms with Crippen molar-refractivity contribution in [3.63, 3.8) is 0 Å². The highest BCUT2D eigenvalue weighted by Crippen LogP contribution is 2.18. The molecule has 1 aromatic carbocycles. The molecule has 8 nitrogen and oxygen atoms in total. The molecule has 1 aliphatic heterocycles. The largest absolute Gasteiger partial charge is 0.444 e. The monoisotopic (exact) mass is 540 g/mol. The van der Waals surface area contributed by atoms with Crippen molar-refractivity contribution in [2.75, 3.05) is 20.1 Å². The molecular weight excluding hydrogens is 507 g/mol. The van der Waals surface area contributed by atoms with Crippen LogP contribution in [0.4, 0.5) is 0 Å². The van der Waals surface area contributed by atoms with E-state index in [1.807, 2.05) is 13.8 Å². The van der Waals surface area contributed by atoms with E-state index < -0.39 is 0 Å². The van der Waals surface area contributed by atoms with Gasteiger partial charge < -0.3 is 20.8 Å². The topological polar surface area (TPSA) is 109 Å². The lowest BCUT2D eigenvalue weighted by Crippen LogP contribution is -2.40. The van der Waals surface area contributed by atoms with Crippen molar-refractivity contribution < 1.29 is 9.21 Å². The van der Waals surface area contributed by atoms with Crippen molar-refractivity contribution in [1.82, 2.24) is 20.5 Å². The maximum absolute atomic E-state index is 11.5. The van der Waals surface area contributed by atoms with Gasteiger partial charge in [0, 0.05) is 26.7 Å². The number of aromatic nitrogens is 1. The molecule has 1 amide bonds. The lowest BCUT2D eigenvalue weighted by molar-refractivity contribution is -0.123. The lowest BCUT2D eigenvalue weighted by atomic mass is 9.97. The summed E-state index contributed by atoms with van der Waals surface area (Å²) in [5.74, 6) is 1.95. The number of guanidine groups is 1. The Labute approximate surface area is 201 Å². The van der Waals surface area contributed by atoms with Gasteiger partial charge >= 0.3 is 0 Å². The lowest BCUT2D eigenvalue weighted by Gasteiger charge is -2.31. The number of nitrogens with zero attached hydrogens (tertiary/aromatic N) is 3. The van der Waals surface area contributed by atoms with Crippen LogP contribution in [0.5, 0.6) is 0 Å². The summed E-state index contributed by atoms with van der Waals surface area (Å²) in [6.45, 7) is 7.54. The van der Waals surface area contributed by atoms with E-state index >= 15 is 0 Å². The average Bonchev–Trinajstić information content (AvgIpc) is 3.06. The minimum absolute atomic E-state index is 0. The van der Waals surface area contributed by atoms with E-state index in [0.29, 0.717) is 24.9 Å². The maximum Gasteiger partial charge on any atom is 0.221 e. The zero-order valence-electron chi connectivity index (χ0n) is 18.5. The number of piperidine rings is 1. The van der Waals surface area contributed by atoms with E-state index in [-0.39, 0.29) is 35.8 Å². The first-order valence-corrected chi connectivity index (χ1v) is 10.4. The van der Waals surface area contributed by atoms with Crippen LogP contribution in [-0.4, -0.2) is 41.9 Å². The second-order valence-corrected chi connectivity index (χ2v) is 7.83. The smallest absolute Gasteiger partial charge is 0.221 e. The molecule has 0 aliphatic carbocycles. The predicted molar refractivity (Wildman–Crippen MR) is 132 cm³/mol. The fourth-order valence-electron chi connectivity index (χ4n) is 3.71. The molecule has 4 N–H and O–H groups in total. The first-order valence-electron chi connectivity index (χ1n) is 10.4. The summed E-state index contributed by atoms with van der Waals surface area (Å²) < 4.78 is 5.59. The normalized spacial score (nSPS) is 17.1. The van der Waals surface area contributed by atoms with E-state index in [0.717, 1.165) is 43.9 Å². The molecule has 0 bridgehead atoms. The molecular formula is C22H33IN6O2. The SMILES string of the molecule is CN=C(NCc1cccc(CN2CCCC(C(N)=O)C2)c1)NCc1nc(C)c(C)o1.I. The maximum atomic E-state index is 11.5. The predicted octanol–water partition coefficient (Wildman–Crippen LogP) is 2.47. The average molecular weight is 540 g/mol. The molecule has 31 heavy (non-hydrogen) atoms. The molecule has 0 radical (unpaired) electrons. The van der Waals surface area contributed by atoms with Crippen LogP contribution in [0.1, 0.15) is 41.3 Å². The van der Waals surface area contributed by atoms with Gasteiger partial charge in [-0.05, 0) is 44.4 Å². The Balaban J connectivity index is 0.00000341. The van der Waals surface area contributed by atoms with Crippen molar-refractivity contribution in [2.24, 2.45) is 16.6 Å². The zero-order chi connectivity index (χ0) is 21.5. The Kier molecular flexibility index (Phi) is 9.76. The number of halogens is 1. The third kappa shape index (κ3) is 7.49. The van der Waals surface area contributed by atoms with Crippen LogP contribution in [-0.2, 0) is 24.4 Å². The Morgan fingerprint density at radius 1 is 1.29 bits per heavy atom. The van der Waals surface area contributed by atoms with Crippen LogP contribution in [0.15, 0.2) is 33.7 Å². The van der Waals surface area contributed by atoms with E-state index in [9.17, 15) is 4.79 Å². The van der Waals surface area contributed by atoms with E-state index in [1.165, 1.54) is 11.1 Å². The van der Waals surface area contributed by atoms with Gasteiger partial charge in [0.05, 0.1) is 18.2 Å². The molecule has 170 valence electrons. The summed E-state index contributed by atoms with van der Waals surface area (Å²) >= 11 is 0. The fourth-order valence-corrected chi connectivity index (χ4v) is 3.71. The number of likely N-dealkylation sites (tertiary alicyclic amines) is 1. The first kappa shape index (κ1) is 25.1. The Morgan fingerprint density at radius 3 is 2.71 bits per heavy atom. The minimum atomic E-state index is -0.188. The second kappa shape index (κ2) is 12.0. The number of rotatable bonds is 7. The third-order valence-corrected chi connectivity index (χ3v) is 5.47. The number of carbonyl (C=O) groups excluding carboxylic acids is 1. The molecule has 1 fully saturated rings. The third-order valence-electron chi connectivity index (χ3n) is 5.47. The molecule has 2 aromatic rings. The van der Waals surface area contributed by atoms with E-state index in [1.54, 1.807) is 7.05 Å². The first-order chi connectivity index (χ1) is 14.4. The summed E-state index contributed by atoms with van der Waals surface area (Å²) in [7, 11) is 1.74. The van der Waals surface area contributed by atoms with E-state index in [4.69, 9.17) is 10.2 Å². The van der Waals surface area contributed by atoms with Crippen LogP contribution in [0, 0.1) is 19.8 Å². The minimum Gasteiger partial charge on any atom is -0.444 e. The summed E-state index contributed by atoms with van der Waals surface area (Å²) in [6.07, 6.45) is 1.91. The van der Waals surface area contributed by atoms with E-state index in [2.05, 4.69) is 49.8 Å². The number of carbonyl (C=O) groups is 1. The van der Waals surface area contributed by atoms with Crippen molar-refractivity contribution in [3.8, 4) is 0 Å². The number of primary amides is 1. The van der Waals surface area contributed by atoms with Gasteiger partial charge in [-0.1, -0.05) is 24.3 Å². The molecule has 3 rings (SSSR count). The highest BCUT2D eigenvalue weighted by atomic mass is 127. The number of hydrogen-bond donors (Lipinski definition) is 3. The molecule has 1 atom stereocenters. The molecule has 1 aromatic heterocycles. The van der Waals surface area contributed by atoms with Crippen LogP contribution >= 0.6 is 24.0 Å². The number of aliphatic imine (C=N–C) groups is 1. The summed E-state index contributed by atoms with van der Waals surface area (Å²) in [4.78, 5) is 22.5. The molecule has 0 spiro atoms. The highest BCUT2D eigenvalue weighted by Gasteiger charge is 2.23. The number of hydrogen-bond acceptors (Lipinski definition) is 5. The van der Waals surface area contributed by atoms with Gasteiger partial charge in [-0.15, -0.1) is 24.0 Å². The molecule has 1 aliphatic rings. The fraction of sp³-hybridized carbons (Fsp3) is 0.500. The van der Waals surface area contributed by atoms with Crippen LogP contribution in [0.2, 0.25) is 0 Å². The van der Waals surface area contributed by atoms with Gasteiger partial charge in [0.1, 0.15) is 5.76 Å². The Hall–Kier alpha value is -2.14. The molecule has 1 saturated heterocycles. The van der Waals surface area contributed by atoms with Crippen molar-refractivity contribution in [3.05, 3.63) is 52.7 Å². The molecule has 9 heteroatoms. The van der Waals surface area contributed by atoms with Crippen molar-refractivity contribution in [1.29, 1.82) is 0 Å². The van der Waals surface area contributed by atoms with Crippen molar-refractivity contribution in [2.45, 2.75) is 46.3 Å². The van der Waals surface area contributed by atoms with Gasteiger partial charge in [0.15, 0.2) is 5.96 Å².